The number of carbonyl (C=O) groups is 2. The van der Waals surface area contributed by atoms with E-state index in [1.165, 1.54) is 43.9 Å². The summed E-state index contributed by atoms with van der Waals surface area (Å²) in [5, 5.41) is 12.4. The summed E-state index contributed by atoms with van der Waals surface area (Å²) in [4.78, 5) is 25.2. The third-order valence-corrected chi connectivity index (χ3v) is 10.5. The van der Waals surface area contributed by atoms with E-state index in [0.29, 0.717) is 42.2 Å². The highest BCUT2D eigenvalue weighted by Gasteiger charge is 2.26. The number of hydrogen-bond acceptors (Lipinski definition) is 5. The molecule has 0 unspecified atom stereocenters. The van der Waals surface area contributed by atoms with Crippen LogP contribution in [0.4, 0.5) is 0 Å². The number of carboxylic acid groups (broad SMARTS) is 1. The van der Waals surface area contributed by atoms with Gasteiger partial charge in [0, 0.05) is 18.7 Å². The second-order valence-corrected chi connectivity index (χ2v) is 14.2. The van der Waals surface area contributed by atoms with Crippen LogP contribution in [0.5, 0.6) is 0 Å². The summed E-state index contributed by atoms with van der Waals surface area (Å²) in [6.07, 6.45) is 10.6. The quantitative estimate of drug-likeness (QED) is 0.227. The number of unbranched alkanes of at least 4 members (excludes halogenated alkanes) is 1. The van der Waals surface area contributed by atoms with E-state index in [-0.39, 0.29) is 12.3 Å². The number of aryl methyl sites for hydroxylation is 1. The van der Waals surface area contributed by atoms with Crippen LogP contribution >= 0.6 is 11.8 Å². The number of benzene rings is 2. The molecule has 0 aromatic heterocycles. The molecule has 1 amide bonds. The summed E-state index contributed by atoms with van der Waals surface area (Å²) in [5.74, 6) is -0.203. The predicted octanol–water partition coefficient (Wildman–Crippen LogP) is 6.50. The Morgan fingerprint density at radius 2 is 1.83 bits per heavy atom. The van der Waals surface area contributed by atoms with Gasteiger partial charge in [-0.1, -0.05) is 75.8 Å². The van der Waals surface area contributed by atoms with Gasteiger partial charge in [0.2, 0.25) is 10.0 Å². The van der Waals surface area contributed by atoms with Crippen LogP contribution in [0.2, 0.25) is 0 Å². The molecule has 226 valence electrons. The highest BCUT2D eigenvalue weighted by Crippen LogP contribution is 2.30. The number of rotatable bonds is 16. The Labute approximate surface area is 250 Å². The van der Waals surface area contributed by atoms with Crippen molar-refractivity contribution in [1.82, 2.24) is 9.62 Å². The minimum Gasteiger partial charge on any atom is -0.480 e. The van der Waals surface area contributed by atoms with Gasteiger partial charge in [-0.05, 0) is 78.5 Å². The zero-order valence-electron chi connectivity index (χ0n) is 24.7. The molecular weight excluding hydrogens is 556 g/mol. The zero-order valence-corrected chi connectivity index (χ0v) is 26.4. The zero-order chi connectivity index (χ0) is 29.8. The van der Waals surface area contributed by atoms with Crippen LogP contribution < -0.4 is 5.32 Å². The summed E-state index contributed by atoms with van der Waals surface area (Å²) < 4.78 is 28.5. The van der Waals surface area contributed by atoms with Crippen LogP contribution in [0.25, 0.3) is 11.1 Å². The largest absolute Gasteiger partial charge is 0.480 e. The van der Waals surface area contributed by atoms with E-state index in [4.69, 9.17) is 0 Å². The molecule has 2 aromatic rings. The van der Waals surface area contributed by atoms with Gasteiger partial charge >= 0.3 is 5.97 Å². The number of nitrogens with zero attached hydrogens (tertiary/aromatic N) is 1. The average molecular weight is 603 g/mol. The molecule has 7 nitrogen and oxygen atoms in total. The first kappa shape index (κ1) is 33.1. The van der Waals surface area contributed by atoms with E-state index in [9.17, 15) is 23.1 Å². The maximum atomic E-state index is 13.4. The fourth-order valence-corrected chi connectivity index (χ4v) is 7.61. The topological polar surface area (TPSA) is 104 Å². The lowest BCUT2D eigenvalue weighted by molar-refractivity contribution is -0.139. The van der Waals surface area contributed by atoms with Crippen LogP contribution in [-0.4, -0.2) is 60.1 Å². The lowest BCUT2D eigenvalue weighted by Crippen LogP contribution is -2.41. The van der Waals surface area contributed by atoms with Gasteiger partial charge in [0.25, 0.3) is 5.91 Å². The summed E-state index contributed by atoms with van der Waals surface area (Å²) in [6.45, 7) is 4.70. The van der Waals surface area contributed by atoms with Crippen molar-refractivity contribution in [3.63, 3.8) is 0 Å². The fourth-order valence-electron chi connectivity index (χ4n) is 5.49. The summed E-state index contributed by atoms with van der Waals surface area (Å²) in [7, 11) is -3.44. The second-order valence-electron chi connectivity index (χ2n) is 11.1. The molecule has 3 rings (SSSR count). The maximum Gasteiger partial charge on any atom is 0.326 e. The van der Waals surface area contributed by atoms with Gasteiger partial charge < -0.3 is 10.4 Å². The Morgan fingerprint density at radius 1 is 1.10 bits per heavy atom. The number of carbonyl (C=O) groups excluding carboxylic acids is 1. The Morgan fingerprint density at radius 3 is 2.49 bits per heavy atom. The van der Waals surface area contributed by atoms with Crippen LogP contribution in [0, 0.1) is 12.8 Å². The molecule has 1 atom stereocenters. The van der Waals surface area contributed by atoms with E-state index < -0.39 is 27.9 Å². The Hall–Kier alpha value is -2.36. The molecule has 2 aromatic carbocycles. The molecule has 0 aliphatic heterocycles. The standard InChI is InChI=1S/C32H46N2O5S2/c1-4-5-21-41(38,39)34(19-17-25-12-7-6-8-13-25)23-26-15-16-28(29(22-26)27-14-10-9-11-24(27)2)31(35)33-30(32(36)37)18-20-40-3/h9-11,14-16,22,25,30H,4-8,12-13,17-21,23H2,1-3H3,(H,33,35)(H,36,37)/t30-/m0/s1. The average Bonchev–Trinajstić information content (AvgIpc) is 2.96. The van der Waals surface area contributed by atoms with Crippen molar-refractivity contribution in [2.45, 2.75) is 84.2 Å². The van der Waals surface area contributed by atoms with Gasteiger partial charge in [0.1, 0.15) is 6.04 Å². The van der Waals surface area contributed by atoms with Crippen molar-refractivity contribution in [2.24, 2.45) is 5.92 Å². The number of nitrogens with one attached hydrogen (secondary N) is 1. The van der Waals surface area contributed by atoms with E-state index >= 15 is 0 Å². The molecule has 0 saturated heterocycles. The highest BCUT2D eigenvalue weighted by molar-refractivity contribution is 7.98. The van der Waals surface area contributed by atoms with E-state index in [1.807, 2.05) is 50.4 Å². The van der Waals surface area contributed by atoms with Crippen molar-refractivity contribution < 1.29 is 23.1 Å². The van der Waals surface area contributed by atoms with Crippen molar-refractivity contribution in [3.8, 4) is 11.1 Å². The molecule has 9 heteroatoms. The predicted molar refractivity (Wildman–Crippen MR) is 169 cm³/mol. The lowest BCUT2D eigenvalue weighted by atomic mass is 9.87. The SMILES string of the molecule is CCCCS(=O)(=O)N(CCC1CCCCC1)Cc1ccc(C(=O)N[C@@H](CCSC)C(=O)O)c(-c2ccccc2C)c1. The van der Waals surface area contributed by atoms with Crippen molar-refractivity contribution in [1.29, 1.82) is 0 Å². The molecular formula is C32H46N2O5S2. The Kier molecular flexibility index (Phi) is 13.2. The molecule has 1 aliphatic rings. The number of thioether (sulfide) groups is 1. The molecule has 1 aliphatic carbocycles. The molecule has 0 heterocycles. The van der Waals surface area contributed by atoms with Crippen molar-refractivity contribution in [2.75, 3.05) is 24.3 Å². The second kappa shape index (κ2) is 16.3. The van der Waals surface area contributed by atoms with Gasteiger partial charge in [-0.25, -0.2) is 13.2 Å². The molecule has 1 saturated carbocycles. The van der Waals surface area contributed by atoms with Crippen molar-refractivity contribution in [3.05, 3.63) is 59.2 Å². The van der Waals surface area contributed by atoms with Crippen LogP contribution in [0.15, 0.2) is 42.5 Å². The number of hydrogen-bond donors (Lipinski definition) is 2. The molecule has 0 radical (unpaired) electrons. The van der Waals surface area contributed by atoms with Crippen LogP contribution in [0.3, 0.4) is 0 Å². The minimum absolute atomic E-state index is 0.131. The van der Waals surface area contributed by atoms with Gasteiger partial charge in [-0.2, -0.15) is 16.1 Å². The van der Waals surface area contributed by atoms with E-state index in [1.54, 1.807) is 16.4 Å². The molecule has 41 heavy (non-hydrogen) atoms. The van der Waals surface area contributed by atoms with Gasteiger partial charge in [-0.3, -0.25) is 4.79 Å². The highest BCUT2D eigenvalue weighted by atomic mass is 32.2. The molecule has 2 N–H and O–H groups in total. The monoisotopic (exact) mass is 602 g/mol. The third-order valence-electron chi connectivity index (χ3n) is 8.00. The van der Waals surface area contributed by atoms with Gasteiger partial charge in [0.15, 0.2) is 0 Å². The summed E-state index contributed by atoms with van der Waals surface area (Å²) in [5.41, 5.74) is 3.69. The first-order valence-electron chi connectivity index (χ1n) is 14.9. The molecule has 1 fully saturated rings. The number of sulfonamides is 1. The number of amides is 1. The van der Waals surface area contributed by atoms with E-state index in [2.05, 4.69) is 5.32 Å². The van der Waals surface area contributed by atoms with E-state index in [0.717, 1.165) is 29.5 Å². The minimum atomic E-state index is -3.44. The first-order valence-corrected chi connectivity index (χ1v) is 17.9. The lowest BCUT2D eigenvalue weighted by Gasteiger charge is -2.27. The molecule has 0 bridgehead atoms. The maximum absolute atomic E-state index is 13.4. The summed E-state index contributed by atoms with van der Waals surface area (Å²) >= 11 is 1.53. The first-order chi connectivity index (χ1) is 19.7. The number of aliphatic carboxylic acids is 1. The van der Waals surface area contributed by atoms with Gasteiger partial charge in [0.05, 0.1) is 5.75 Å². The Bertz CT molecular complexity index is 1260. The third kappa shape index (κ3) is 9.86. The van der Waals surface area contributed by atoms with Crippen LogP contribution in [0.1, 0.15) is 86.2 Å². The van der Waals surface area contributed by atoms with Crippen LogP contribution in [-0.2, 0) is 21.4 Å². The number of carboxylic acids is 1. The van der Waals surface area contributed by atoms with Crippen molar-refractivity contribution >= 4 is 33.7 Å². The molecule has 0 spiro atoms. The Balaban J connectivity index is 1.94. The van der Waals surface area contributed by atoms with Gasteiger partial charge in [-0.15, -0.1) is 0 Å². The normalized spacial score (nSPS) is 15.1. The smallest absolute Gasteiger partial charge is 0.326 e. The summed E-state index contributed by atoms with van der Waals surface area (Å²) in [6, 6.07) is 12.2. The fraction of sp³-hybridized carbons (Fsp3) is 0.562.